The van der Waals surface area contributed by atoms with Crippen LogP contribution in [0.3, 0.4) is 0 Å². The summed E-state index contributed by atoms with van der Waals surface area (Å²) in [6.45, 7) is 0. The Kier molecular flexibility index (Phi) is 3.30. The molecule has 4 N–H and O–H groups in total. The fraction of sp³-hybridized carbons (Fsp3) is 0. The van der Waals surface area contributed by atoms with E-state index in [1.165, 1.54) is 6.07 Å². The van der Waals surface area contributed by atoms with Gasteiger partial charge in [0, 0.05) is 5.39 Å². The van der Waals surface area contributed by atoms with Gasteiger partial charge in [0.2, 0.25) is 0 Å². The lowest BCUT2D eigenvalue weighted by Gasteiger charge is -2.01. The number of nitrogens with zero attached hydrogens (tertiary/aromatic N) is 2. The van der Waals surface area contributed by atoms with Gasteiger partial charge in [-0.2, -0.15) is 18.7 Å². The van der Waals surface area contributed by atoms with Crippen LogP contribution in [0, 0.1) is 0 Å². The van der Waals surface area contributed by atoms with Crippen LogP contribution in [0.25, 0.3) is 33.5 Å². The van der Waals surface area contributed by atoms with Crippen molar-refractivity contribution < 1.29 is 17.4 Å². The Morgan fingerprint density at radius 3 is 2.64 bits per heavy atom. The van der Waals surface area contributed by atoms with Gasteiger partial charge in [0.05, 0.1) is 16.6 Å². The zero-order chi connectivity index (χ0) is 17.6. The second-order valence-electron chi connectivity index (χ2n) is 5.27. The second kappa shape index (κ2) is 5.40. The van der Waals surface area contributed by atoms with Crippen LogP contribution in [0.1, 0.15) is 10.4 Å². The summed E-state index contributed by atoms with van der Waals surface area (Å²) in [6.07, 6.45) is 0. The van der Waals surface area contributed by atoms with E-state index in [-0.39, 0.29) is 11.1 Å². The Balaban J connectivity index is 1.86. The van der Waals surface area contributed by atoms with E-state index in [4.69, 9.17) is 5.14 Å². The summed E-state index contributed by atoms with van der Waals surface area (Å²) in [5.74, 6) is -0.665. The van der Waals surface area contributed by atoms with E-state index in [9.17, 15) is 13.2 Å². The zero-order valence-electron chi connectivity index (χ0n) is 12.6. The maximum absolute atomic E-state index is 12.0. The highest BCUT2D eigenvalue weighted by molar-refractivity contribution is 7.84. The number of para-hydroxylation sites is 2. The standard InChI is InChI=1S/C15H11N5O4S/c16-25(22,23)24-15(21)9-5-3-7-11-12(9)18-14(17-11)13-8-4-1-2-6-10(8)19-20-13/h1-7H,(H,17,18)(H,19,20)(H2,16,22,23). The summed E-state index contributed by atoms with van der Waals surface area (Å²) >= 11 is 0. The van der Waals surface area contributed by atoms with Crippen molar-refractivity contribution in [3.63, 3.8) is 0 Å². The molecule has 126 valence electrons. The van der Waals surface area contributed by atoms with Gasteiger partial charge in [-0.15, -0.1) is 0 Å². The topological polar surface area (TPSA) is 144 Å². The van der Waals surface area contributed by atoms with Crippen molar-refractivity contribution in [3.05, 3.63) is 48.0 Å². The van der Waals surface area contributed by atoms with Crippen molar-refractivity contribution >= 4 is 38.2 Å². The smallest absolute Gasteiger partial charge is 0.337 e. The minimum atomic E-state index is -4.41. The van der Waals surface area contributed by atoms with Crippen molar-refractivity contribution in [2.24, 2.45) is 5.14 Å². The van der Waals surface area contributed by atoms with Crippen molar-refractivity contribution in [2.75, 3.05) is 0 Å². The van der Waals surface area contributed by atoms with Gasteiger partial charge in [-0.1, -0.05) is 24.3 Å². The molecular weight excluding hydrogens is 346 g/mol. The van der Waals surface area contributed by atoms with Gasteiger partial charge in [0.25, 0.3) is 0 Å². The normalized spacial score (nSPS) is 11.9. The van der Waals surface area contributed by atoms with Crippen molar-refractivity contribution in [1.82, 2.24) is 20.2 Å². The Morgan fingerprint density at radius 2 is 1.84 bits per heavy atom. The molecule has 4 rings (SSSR count). The minimum Gasteiger partial charge on any atom is -0.337 e. The Bertz CT molecular complexity index is 1230. The van der Waals surface area contributed by atoms with Gasteiger partial charge in [0.15, 0.2) is 5.82 Å². The summed E-state index contributed by atoms with van der Waals surface area (Å²) < 4.78 is 26.2. The number of H-pyrrole nitrogens is 2. The van der Waals surface area contributed by atoms with E-state index in [1.54, 1.807) is 12.1 Å². The molecule has 9 nitrogen and oxygen atoms in total. The molecule has 0 aliphatic carbocycles. The molecule has 0 saturated heterocycles. The number of carbonyl (C=O) groups is 1. The van der Waals surface area contributed by atoms with Gasteiger partial charge in [-0.05, 0) is 18.2 Å². The molecule has 0 radical (unpaired) electrons. The third-order valence-corrected chi connectivity index (χ3v) is 4.00. The fourth-order valence-corrected chi connectivity index (χ4v) is 2.90. The molecule has 0 fully saturated rings. The van der Waals surface area contributed by atoms with Gasteiger partial charge < -0.3 is 9.17 Å². The number of hydrogen-bond acceptors (Lipinski definition) is 6. The maximum Gasteiger partial charge on any atom is 0.382 e. The van der Waals surface area contributed by atoms with Crippen LogP contribution < -0.4 is 5.14 Å². The minimum absolute atomic E-state index is 0.0196. The average Bonchev–Trinajstić information content (AvgIpc) is 3.16. The van der Waals surface area contributed by atoms with Crippen molar-refractivity contribution in [2.45, 2.75) is 0 Å². The highest BCUT2D eigenvalue weighted by Crippen LogP contribution is 2.27. The van der Waals surface area contributed by atoms with E-state index in [0.29, 0.717) is 17.0 Å². The summed E-state index contributed by atoms with van der Waals surface area (Å²) in [4.78, 5) is 19.5. The molecule has 2 heterocycles. The maximum atomic E-state index is 12.0. The number of benzene rings is 2. The van der Waals surface area contributed by atoms with E-state index >= 15 is 0 Å². The Morgan fingerprint density at radius 1 is 1.08 bits per heavy atom. The van der Waals surface area contributed by atoms with Gasteiger partial charge in [-0.25, -0.2) is 9.78 Å². The Labute approximate surface area is 141 Å². The van der Waals surface area contributed by atoms with Gasteiger partial charge >= 0.3 is 16.3 Å². The first-order chi connectivity index (χ1) is 11.9. The summed E-state index contributed by atoms with van der Waals surface area (Å²) in [7, 11) is -4.41. The average molecular weight is 357 g/mol. The highest BCUT2D eigenvalue weighted by Gasteiger charge is 2.20. The predicted octanol–water partition coefficient (Wildman–Crippen LogP) is 1.47. The summed E-state index contributed by atoms with van der Waals surface area (Å²) in [6, 6.07) is 12.2. The number of fused-ring (bicyclic) bond motifs is 2. The van der Waals surface area contributed by atoms with Crippen LogP contribution in [0.15, 0.2) is 42.5 Å². The lowest BCUT2D eigenvalue weighted by atomic mass is 10.2. The van der Waals surface area contributed by atoms with Crippen LogP contribution in [0.4, 0.5) is 0 Å². The third-order valence-electron chi connectivity index (χ3n) is 3.62. The molecule has 0 aliphatic rings. The number of rotatable bonds is 3. The van der Waals surface area contributed by atoms with Gasteiger partial charge in [-0.3, -0.25) is 5.10 Å². The molecule has 0 saturated carbocycles. The monoisotopic (exact) mass is 357 g/mol. The molecular formula is C15H11N5O4S. The van der Waals surface area contributed by atoms with Crippen LogP contribution in [-0.2, 0) is 14.5 Å². The van der Waals surface area contributed by atoms with Crippen molar-refractivity contribution in [3.8, 4) is 11.5 Å². The molecule has 0 bridgehead atoms. The van der Waals surface area contributed by atoms with E-state index in [2.05, 4.69) is 24.3 Å². The predicted molar refractivity (Wildman–Crippen MR) is 89.7 cm³/mol. The van der Waals surface area contributed by atoms with Crippen LogP contribution in [-0.4, -0.2) is 34.6 Å². The highest BCUT2D eigenvalue weighted by atomic mass is 32.2. The Hall–Kier alpha value is -3.24. The molecule has 0 aliphatic heterocycles. The lowest BCUT2D eigenvalue weighted by Crippen LogP contribution is -2.20. The quantitative estimate of drug-likeness (QED) is 0.506. The van der Waals surface area contributed by atoms with E-state index < -0.39 is 16.3 Å². The zero-order valence-corrected chi connectivity index (χ0v) is 13.4. The first-order valence-corrected chi connectivity index (χ1v) is 8.58. The number of hydrogen-bond donors (Lipinski definition) is 3. The molecule has 25 heavy (non-hydrogen) atoms. The van der Waals surface area contributed by atoms with Crippen LogP contribution >= 0.6 is 0 Å². The lowest BCUT2D eigenvalue weighted by molar-refractivity contribution is 0.0749. The van der Waals surface area contributed by atoms with Crippen molar-refractivity contribution in [1.29, 1.82) is 0 Å². The molecule has 2 aromatic heterocycles. The molecule has 2 aromatic carbocycles. The molecule has 0 amide bonds. The van der Waals surface area contributed by atoms with Gasteiger partial charge in [0.1, 0.15) is 11.2 Å². The van der Waals surface area contributed by atoms with Crippen LogP contribution in [0.5, 0.6) is 0 Å². The molecule has 0 unspecified atom stereocenters. The fourth-order valence-electron chi connectivity index (χ4n) is 2.60. The molecule has 10 heteroatoms. The number of nitrogens with one attached hydrogen (secondary N) is 2. The SMILES string of the molecule is NS(=O)(=O)OC(=O)c1cccc2[nH]c(-c3n[nH]c4ccccc34)nc12. The number of carbonyl (C=O) groups excluding carboxylic acids is 1. The number of aromatic amines is 2. The molecule has 0 atom stereocenters. The second-order valence-corrected chi connectivity index (χ2v) is 6.42. The number of imidazole rings is 1. The number of nitrogens with two attached hydrogens (primary N) is 1. The van der Waals surface area contributed by atoms with E-state index in [1.807, 2.05) is 24.3 Å². The summed E-state index contributed by atoms with van der Waals surface area (Å²) in [5.41, 5.74) is 2.20. The first kappa shape index (κ1) is 15.3. The first-order valence-electron chi connectivity index (χ1n) is 7.11. The summed E-state index contributed by atoms with van der Waals surface area (Å²) in [5, 5.41) is 12.8. The largest absolute Gasteiger partial charge is 0.382 e. The number of aromatic nitrogens is 4. The van der Waals surface area contributed by atoms with Crippen LogP contribution in [0.2, 0.25) is 0 Å². The molecule has 0 spiro atoms. The molecule has 4 aromatic rings. The third kappa shape index (κ3) is 2.73. The van der Waals surface area contributed by atoms with E-state index in [0.717, 1.165) is 10.9 Å².